The molecule has 0 spiro atoms. The number of nitrogens with two attached hydrogens (primary N) is 1. The summed E-state index contributed by atoms with van der Waals surface area (Å²) in [6.45, 7) is 3.77. The minimum atomic E-state index is 0.446. The molecule has 0 aliphatic heterocycles. The van der Waals surface area contributed by atoms with E-state index in [9.17, 15) is 0 Å². The molecule has 0 aliphatic rings. The first-order valence-corrected chi connectivity index (χ1v) is 9.53. The Balaban J connectivity index is 2.02. The number of anilines is 2. The number of nitrogen functional groups attached to an aromatic ring is 1. The zero-order valence-electron chi connectivity index (χ0n) is 16.2. The Kier molecular flexibility index (Phi) is 4.83. The van der Waals surface area contributed by atoms with E-state index in [0.717, 1.165) is 52.0 Å². The number of halogens is 1. The molecule has 0 saturated carbocycles. The van der Waals surface area contributed by atoms with Crippen molar-refractivity contribution in [3.63, 3.8) is 0 Å². The highest BCUT2D eigenvalue weighted by Gasteiger charge is 2.19. The number of hydrogen-bond donors (Lipinski definition) is 2. The lowest BCUT2D eigenvalue weighted by Crippen LogP contribution is -2.21. The van der Waals surface area contributed by atoms with E-state index in [0.29, 0.717) is 10.8 Å². The van der Waals surface area contributed by atoms with Gasteiger partial charge in [0.25, 0.3) is 0 Å². The molecule has 6 nitrogen and oxygen atoms in total. The summed E-state index contributed by atoms with van der Waals surface area (Å²) < 4.78 is 1.97. The summed E-state index contributed by atoms with van der Waals surface area (Å²) in [5, 5.41) is 4.23. The van der Waals surface area contributed by atoms with Crippen molar-refractivity contribution in [3.05, 3.63) is 53.4 Å². The number of rotatable bonds is 5. The van der Waals surface area contributed by atoms with Crippen LogP contribution in [0.4, 0.5) is 11.5 Å². The Hall–Kier alpha value is -2.83. The van der Waals surface area contributed by atoms with Gasteiger partial charge in [-0.05, 0) is 44.8 Å². The number of aromatic nitrogens is 3. The molecule has 0 radical (unpaired) electrons. The first-order valence-electron chi connectivity index (χ1n) is 9.15. The lowest BCUT2D eigenvalue weighted by atomic mass is 9.97. The van der Waals surface area contributed by atoms with Crippen LogP contribution in [-0.4, -0.2) is 46.5 Å². The number of nitrogens with zero attached hydrogens (tertiary/aromatic N) is 4. The van der Waals surface area contributed by atoms with E-state index in [1.807, 2.05) is 22.6 Å². The van der Waals surface area contributed by atoms with Crippen molar-refractivity contribution in [3.8, 4) is 11.1 Å². The largest absolute Gasteiger partial charge is 0.383 e. The summed E-state index contributed by atoms with van der Waals surface area (Å²) in [4.78, 5) is 11.1. The van der Waals surface area contributed by atoms with Crippen molar-refractivity contribution in [2.24, 2.45) is 0 Å². The van der Waals surface area contributed by atoms with Gasteiger partial charge in [-0.25, -0.2) is 9.97 Å². The van der Waals surface area contributed by atoms with Crippen LogP contribution >= 0.6 is 11.6 Å². The van der Waals surface area contributed by atoms with Crippen LogP contribution in [0.15, 0.2) is 42.9 Å². The minimum absolute atomic E-state index is 0.446. The molecule has 2 heterocycles. The molecule has 0 bridgehead atoms. The summed E-state index contributed by atoms with van der Waals surface area (Å²) in [5.74, 6) is 0.446. The van der Waals surface area contributed by atoms with Gasteiger partial charge in [0, 0.05) is 34.9 Å². The molecule has 0 amide bonds. The van der Waals surface area contributed by atoms with Crippen LogP contribution in [0, 0.1) is 6.92 Å². The molecule has 0 unspecified atom stereocenters. The van der Waals surface area contributed by atoms with Crippen LogP contribution in [0.2, 0.25) is 5.02 Å². The molecular formula is C21H23ClN6. The van der Waals surface area contributed by atoms with E-state index in [-0.39, 0.29) is 0 Å². The van der Waals surface area contributed by atoms with E-state index in [1.54, 1.807) is 12.5 Å². The van der Waals surface area contributed by atoms with Crippen LogP contribution < -0.4 is 11.1 Å². The van der Waals surface area contributed by atoms with Crippen molar-refractivity contribution in [2.75, 3.05) is 38.2 Å². The lowest BCUT2D eigenvalue weighted by molar-refractivity contribution is 0.425. The minimum Gasteiger partial charge on any atom is -0.383 e. The summed E-state index contributed by atoms with van der Waals surface area (Å²) in [6.07, 6.45) is 3.49. The highest BCUT2D eigenvalue weighted by atomic mass is 35.5. The van der Waals surface area contributed by atoms with Gasteiger partial charge in [-0.15, -0.1) is 0 Å². The molecule has 28 heavy (non-hydrogen) atoms. The van der Waals surface area contributed by atoms with Crippen molar-refractivity contribution in [1.29, 1.82) is 0 Å². The Morgan fingerprint density at radius 3 is 2.71 bits per heavy atom. The quantitative estimate of drug-likeness (QED) is 0.534. The third-order valence-corrected chi connectivity index (χ3v) is 5.21. The fourth-order valence-corrected chi connectivity index (χ4v) is 3.82. The molecule has 0 saturated heterocycles. The predicted molar refractivity (Wildman–Crippen MR) is 117 cm³/mol. The Morgan fingerprint density at radius 2 is 1.96 bits per heavy atom. The van der Waals surface area contributed by atoms with Crippen LogP contribution in [0.25, 0.3) is 27.7 Å². The number of nitrogens with one attached hydrogen (secondary N) is 1. The van der Waals surface area contributed by atoms with Gasteiger partial charge in [-0.2, -0.15) is 0 Å². The van der Waals surface area contributed by atoms with E-state index < -0.39 is 0 Å². The Bertz CT molecular complexity index is 1140. The number of imidazole rings is 1. The third kappa shape index (κ3) is 3.15. The molecule has 144 valence electrons. The molecule has 0 atom stereocenters. The van der Waals surface area contributed by atoms with Gasteiger partial charge >= 0.3 is 0 Å². The van der Waals surface area contributed by atoms with Gasteiger partial charge < -0.3 is 16.0 Å². The normalized spacial score (nSPS) is 11.6. The van der Waals surface area contributed by atoms with Crippen molar-refractivity contribution >= 4 is 39.7 Å². The van der Waals surface area contributed by atoms with Gasteiger partial charge in [0.15, 0.2) is 0 Å². The molecule has 0 fully saturated rings. The summed E-state index contributed by atoms with van der Waals surface area (Å²) in [6, 6.07) is 10.0. The van der Waals surface area contributed by atoms with E-state index in [2.05, 4.69) is 48.4 Å². The van der Waals surface area contributed by atoms with Gasteiger partial charge in [0.05, 0.1) is 23.6 Å². The van der Waals surface area contributed by atoms with Crippen molar-refractivity contribution in [1.82, 2.24) is 19.3 Å². The Labute approximate surface area is 169 Å². The fourth-order valence-electron chi connectivity index (χ4n) is 3.51. The smallest absolute Gasteiger partial charge is 0.150 e. The maximum Gasteiger partial charge on any atom is 0.150 e. The van der Waals surface area contributed by atoms with Crippen molar-refractivity contribution in [2.45, 2.75) is 6.92 Å². The average Bonchev–Trinajstić information content (AvgIpc) is 3.13. The second-order valence-corrected chi connectivity index (χ2v) is 7.57. The van der Waals surface area contributed by atoms with Gasteiger partial charge in [-0.3, -0.25) is 4.40 Å². The van der Waals surface area contributed by atoms with Crippen molar-refractivity contribution < 1.29 is 0 Å². The molecule has 2 aromatic carbocycles. The van der Waals surface area contributed by atoms with Gasteiger partial charge in [0.1, 0.15) is 11.3 Å². The highest BCUT2D eigenvalue weighted by molar-refractivity contribution is 6.34. The van der Waals surface area contributed by atoms with Crippen LogP contribution in [-0.2, 0) is 0 Å². The number of likely N-dealkylation sites (N-methyl/N-ethyl adjacent to an activating group) is 1. The summed E-state index contributed by atoms with van der Waals surface area (Å²) >= 11 is 6.64. The van der Waals surface area contributed by atoms with E-state index >= 15 is 0 Å². The average molecular weight is 395 g/mol. The van der Waals surface area contributed by atoms with Crippen LogP contribution in [0.3, 0.4) is 0 Å². The predicted octanol–water partition coefficient (Wildman–Crippen LogP) is 4.07. The SMILES string of the molecule is Cc1cccc(Cl)c1-c1c(NCCN(C)C)ccc2c1nc(N)c1cncn12. The lowest BCUT2D eigenvalue weighted by Gasteiger charge is -2.19. The van der Waals surface area contributed by atoms with E-state index in [4.69, 9.17) is 22.3 Å². The highest BCUT2D eigenvalue weighted by Crippen LogP contribution is 2.40. The number of benzene rings is 2. The standard InChI is InChI=1S/C21H23ClN6/c1-13-5-4-6-14(22)18(13)19-15(25-9-10-27(2)3)7-8-16-20(19)26-21(23)17-11-24-12-28(16)17/h4-8,11-12,25H,9-10H2,1-3H3,(H2,23,26). The molecule has 0 aliphatic carbocycles. The number of fused-ring (bicyclic) bond motifs is 3. The van der Waals surface area contributed by atoms with Gasteiger partial charge in [-0.1, -0.05) is 23.7 Å². The molecule has 7 heteroatoms. The van der Waals surface area contributed by atoms with Crippen LogP contribution in [0.5, 0.6) is 0 Å². The first-order chi connectivity index (χ1) is 13.5. The zero-order valence-corrected chi connectivity index (χ0v) is 17.0. The molecule has 2 aromatic heterocycles. The summed E-state index contributed by atoms with van der Waals surface area (Å²) in [7, 11) is 4.11. The monoisotopic (exact) mass is 394 g/mol. The molecule has 4 aromatic rings. The van der Waals surface area contributed by atoms with Crippen LogP contribution in [0.1, 0.15) is 5.56 Å². The fraction of sp³-hybridized carbons (Fsp3) is 0.238. The molecule has 4 rings (SSSR count). The zero-order chi connectivity index (χ0) is 19.8. The third-order valence-electron chi connectivity index (χ3n) is 4.90. The summed E-state index contributed by atoms with van der Waals surface area (Å²) in [5.41, 5.74) is 12.8. The number of aryl methyl sites for hydroxylation is 1. The first kappa shape index (κ1) is 18.5. The second kappa shape index (κ2) is 7.30. The Morgan fingerprint density at radius 1 is 1.14 bits per heavy atom. The maximum atomic E-state index is 6.64. The van der Waals surface area contributed by atoms with E-state index in [1.165, 1.54) is 0 Å². The number of hydrogen-bond acceptors (Lipinski definition) is 5. The second-order valence-electron chi connectivity index (χ2n) is 7.16. The van der Waals surface area contributed by atoms with Gasteiger partial charge in [0.2, 0.25) is 0 Å². The maximum absolute atomic E-state index is 6.64. The molecule has 3 N–H and O–H groups in total. The topological polar surface area (TPSA) is 71.5 Å². The molecular weight excluding hydrogens is 372 g/mol.